The predicted molar refractivity (Wildman–Crippen MR) is 79.8 cm³/mol. The van der Waals surface area contributed by atoms with Crippen LogP contribution in [0.15, 0.2) is 18.2 Å². The number of carbonyl (C=O) groups is 1. The average molecular weight is 288 g/mol. The third kappa shape index (κ3) is 2.21. The summed E-state index contributed by atoms with van der Waals surface area (Å²) < 4.78 is 7.72. The van der Waals surface area contributed by atoms with E-state index in [0.717, 1.165) is 43.8 Å². The Bertz CT molecular complexity index is 684. The van der Waals surface area contributed by atoms with Crippen molar-refractivity contribution in [2.24, 2.45) is 0 Å². The highest BCUT2D eigenvalue weighted by atomic mass is 16.5. The van der Waals surface area contributed by atoms with Gasteiger partial charge in [-0.1, -0.05) is 13.0 Å². The van der Waals surface area contributed by atoms with Crippen molar-refractivity contribution >= 4 is 17.0 Å². The molecule has 1 aliphatic rings. The Kier molecular flexibility index (Phi) is 3.45. The zero-order valence-corrected chi connectivity index (χ0v) is 12.4. The van der Waals surface area contributed by atoms with Gasteiger partial charge in [0.2, 0.25) is 0 Å². The van der Waals surface area contributed by atoms with Crippen LogP contribution in [0.2, 0.25) is 0 Å². The number of benzene rings is 1. The Balaban J connectivity index is 2.26. The second-order valence-electron chi connectivity index (χ2n) is 5.80. The predicted octanol–water partition coefficient (Wildman–Crippen LogP) is 2.82. The van der Waals surface area contributed by atoms with Gasteiger partial charge < -0.3 is 14.4 Å². The van der Waals surface area contributed by atoms with E-state index in [1.165, 1.54) is 0 Å². The third-order valence-electron chi connectivity index (χ3n) is 4.41. The van der Waals surface area contributed by atoms with Crippen molar-refractivity contribution in [2.75, 3.05) is 13.2 Å². The van der Waals surface area contributed by atoms with Crippen LogP contribution in [0.5, 0.6) is 0 Å². The lowest BCUT2D eigenvalue weighted by molar-refractivity contribution is 0.0301. The van der Waals surface area contributed by atoms with Crippen LogP contribution in [0, 0.1) is 0 Å². The SMILES string of the molecule is CCc1nc2c(C(=O)O)cccc2n1C1(C)CCOCC1. The monoisotopic (exact) mass is 288 g/mol. The molecule has 21 heavy (non-hydrogen) atoms. The van der Waals surface area contributed by atoms with Gasteiger partial charge in [0.25, 0.3) is 0 Å². The van der Waals surface area contributed by atoms with Crippen LogP contribution in [-0.4, -0.2) is 33.8 Å². The zero-order chi connectivity index (χ0) is 15.0. The molecular weight excluding hydrogens is 268 g/mol. The lowest BCUT2D eigenvalue weighted by atomic mass is 9.91. The standard InChI is InChI=1S/C16H20N2O3/c1-3-13-17-14-11(15(19)20)5-4-6-12(14)18(13)16(2)7-9-21-10-8-16/h4-6H,3,7-10H2,1-2H3,(H,19,20). The maximum atomic E-state index is 11.4. The van der Waals surface area contributed by atoms with E-state index in [0.29, 0.717) is 5.52 Å². The van der Waals surface area contributed by atoms with Crippen molar-refractivity contribution in [2.45, 2.75) is 38.6 Å². The first-order valence-electron chi connectivity index (χ1n) is 7.38. The molecule has 0 atom stereocenters. The number of carboxylic acid groups (broad SMARTS) is 1. The van der Waals surface area contributed by atoms with Crippen molar-refractivity contribution < 1.29 is 14.6 Å². The summed E-state index contributed by atoms with van der Waals surface area (Å²) in [7, 11) is 0. The maximum absolute atomic E-state index is 11.4. The van der Waals surface area contributed by atoms with Gasteiger partial charge in [0.05, 0.1) is 11.1 Å². The van der Waals surface area contributed by atoms with Crippen molar-refractivity contribution in [3.05, 3.63) is 29.6 Å². The Morgan fingerprint density at radius 2 is 2.14 bits per heavy atom. The molecule has 0 aliphatic carbocycles. The highest BCUT2D eigenvalue weighted by Gasteiger charge is 2.33. The van der Waals surface area contributed by atoms with E-state index in [-0.39, 0.29) is 11.1 Å². The molecule has 1 aliphatic heterocycles. The smallest absolute Gasteiger partial charge is 0.337 e. The summed E-state index contributed by atoms with van der Waals surface area (Å²) in [6.45, 7) is 5.74. The number of imidazole rings is 1. The number of carboxylic acids is 1. The first-order valence-corrected chi connectivity index (χ1v) is 7.38. The fourth-order valence-corrected chi connectivity index (χ4v) is 3.19. The van der Waals surface area contributed by atoms with Crippen molar-refractivity contribution in [3.63, 3.8) is 0 Å². The third-order valence-corrected chi connectivity index (χ3v) is 4.41. The first-order chi connectivity index (χ1) is 10.1. The van der Waals surface area contributed by atoms with Gasteiger partial charge in [-0.2, -0.15) is 0 Å². The molecule has 2 aromatic rings. The van der Waals surface area contributed by atoms with Gasteiger partial charge in [-0.05, 0) is 31.9 Å². The number of aromatic carboxylic acids is 1. The van der Waals surface area contributed by atoms with Gasteiger partial charge in [-0.3, -0.25) is 0 Å². The molecule has 0 spiro atoms. The summed E-state index contributed by atoms with van der Waals surface area (Å²) in [4.78, 5) is 16.0. The number of nitrogens with zero attached hydrogens (tertiary/aromatic N) is 2. The Labute approximate surface area is 123 Å². The molecule has 0 saturated carbocycles. The van der Waals surface area contributed by atoms with Crippen LogP contribution in [0.1, 0.15) is 42.9 Å². The minimum Gasteiger partial charge on any atom is -0.478 e. The molecule has 0 amide bonds. The summed E-state index contributed by atoms with van der Waals surface area (Å²) in [6, 6.07) is 5.38. The van der Waals surface area contributed by atoms with Crippen LogP contribution in [0.3, 0.4) is 0 Å². The number of hydrogen-bond donors (Lipinski definition) is 1. The maximum Gasteiger partial charge on any atom is 0.337 e. The van der Waals surface area contributed by atoms with Gasteiger partial charge >= 0.3 is 5.97 Å². The van der Waals surface area contributed by atoms with E-state index in [1.54, 1.807) is 12.1 Å². The first kappa shape index (κ1) is 14.1. The van der Waals surface area contributed by atoms with Crippen LogP contribution < -0.4 is 0 Å². The topological polar surface area (TPSA) is 64.3 Å². The lowest BCUT2D eigenvalue weighted by Crippen LogP contribution is -2.37. The molecule has 0 radical (unpaired) electrons. The van der Waals surface area contributed by atoms with Crippen LogP contribution in [0.25, 0.3) is 11.0 Å². The van der Waals surface area contributed by atoms with Crippen molar-refractivity contribution in [3.8, 4) is 0 Å². The molecular formula is C16H20N2O3. The van der Waals surface area contributed by atoms with E-state index >= 15 is 0 Å². The summed E-state index contributed by atoms with van der Waals surface area (Å²) in [5.41, 5.74) is 1.72. The molecule has 1 fully saturated rings. The number of ether oxygens (including phenoxy) is 1. The molecule has 1 aromatic carbocycles. The zero-order valence-electron chi connectivity index (χ0n) is 12.4. The van der Waals surface area contributed by atoms with E-state index in [1.807, 2.05) is 6.07 Å². The Hall–Kier alpha value is -1.88. The lowest BCUT2D eigenvalue weighted by Gasteiger charge is -2.36. The summed E-state index contributed by atoms with van der Waals surface area (Å²) in [5, 5.41) is 9.36. The van der Waals surface area contributed by atoms with Crippen LogP contribution >= 0.6 is 0 Å². The Morgan fingerprint density at radius 3 is 2.76 bits per heavy atom. The number of para-hydroxylation sites is 1. The average Bonchev–Trinajstić information content (AvgIpc) is 2.86. The molecule has 1 saturated heterocycles. The van der Waals surface area contributed by atoms with Crippen molar-refractivity contribution in [1.82, 2.24) is 9.55 Å². The summed E-state index contributed by atoms with van der Waals surface area (Å²) >= 11 is 0. The number of aryl methyl sites for hydroxylation is 1. The normalized spacial score (nSPS) is 18.0. The van der Waals surface area contributed by atoms with E-state index in [2.05, 4.69) is 23.4 Å². The minimum absolute atomic E-state index is 0.0600. The summed E-state index contributed by atoms with van der Waals surface area (Å²) in [5.74, 6) is 0.0214. The number of aromatic nitrogens is 2. The molecule has 2 heterocycles. The fourth-order valence-electron chi connectivity index (χ4n) is 3.19. The van der Waals surface area contributed by atoms with Gasteiger partial charge in [0.15, 0.2) is 0 Å². The highest BCUT2D eigenvalue weighted by molar-refractivity contribution is 6.01. The number of hydrogen-bond acceptors (Lipinski definition) is 3. The largest absolute Gasteiger partial charge is 0.478 e. The minimum atomic E-state index is -0.926. The van der Waals surface area contributed by atoms with E-state index < -0.39 is 5.97 Å². The number of rotatable bonds is 3. The van der Waals surface area contributed by atoms with Gasteiger partial charge in [0, 0.05) is 25.2 Å². The van der Waals surface area contributed by atoms with Gasteiger partial charge in [-0.25, -0.2) is 9.78 Å². The second-order valence-corrected chi connectivity index (χ2v) is 5.80. The van der Waals surface area contributed by atoms with Crippen LogP contribution in [-0.2, 0) is 16.7 Å². The highest BCUT2D eigenvalue weighted by Crippen LogP contribution is 2.34. The second kappa shape index (κ2) is 5.15. The van der Waals surface area contributed by atoms with Crippen molar-refractivity contribution in [1.29, 1.82) is 0 Å². The fraction of sp³-hybridized carbons (Fsp3) is 0.500. The van der Waals surface area contributed by atoms with E-state index in [9.17, 15) is 9.90 Å². The molecule has 3 rings (SSSR count). The molecule has 0 unspecified atom stereocenters. The molecule has 1 aromatic heterocycles. The van der Waals surface area contributed by atoms with Crippen LogP contribution in [0.4, 0.5) is 0 Å². The number of fused-ring (bicyclic) bond motifs is 1. The quantitative estimate of drug-likeness (QED) is 0.943. The molecule has 112 valence electrons. The molecule has 1 N–H and O–H groups in total. The van der Waals surface area contributed by atoms with E-state index in [4.69, 9.17) is 4.74 Å². The van der Waals surface area contributed by atoms with Gasteiger partial charge in [0.1, 0.15) is 11.3 Å². The van der Waals surface area contributed by atoms with Gasteiger partial charge in [-0.15, -0.1) is 0 Å². The summed E-state index contributed by atoms with van der Waals surface area (Å²) in [6.07, 6.45) is 2.62. The molecule has 5 nitrogen and oxygen atoms in total. The Morgan fingerprint density at radius 1 is 1.43 bits per heavy atom. The molecule has 5 heteroatoms. The molecule has 0 bridgehead atoms.